The Morgan fingerprint density at radius 3 is 2.73 bits per heavy atom. The summed E-state index contributed by atoms with van der Waals surface area (Å²) in [5.41, 5.74) is 1.26. The molecule has 0 aliphatic heterocycles. The molecule has 2 N–H and O–H groups in total. The molecule has 1 aliphatic rings. The number of aryl methyl sites for hydroxylation is 1. The van der Waals surface area contributed by atoms with Crippen LogP contribution >= 0.6 is 0 Å². The molecule has 1 aromatic heterocycles. The summed E-state index contributed by atoms with van der Waals surface area (Å²) in [5.74, 6) is 0.448. The highest BCUT2D eigenvalue weighted by Gasteiger charge is 2.17. The molecule has 0 unspecified atom stereocenters. The average molecular weight is 305 g/mol. The first-order chi connectivity index (χ1) is 10.5. The third-order valence-corrected chi connectivity index (χ3v) is 3.84. The molecule has 1 aliphatic carbocycles. The van der Waals surface area contributed by atoms with Gasteiger partial charge in [-0.3, -0.25) is 4.79 Å². The Bertz CT molecular complexity index is 497. The maximum atomic E-state index is 12.2. The molecule has 0 aromatic carbocycles. The van der Waals surface area contributed by atoms with Crippen LogP contribution < -0.4 is 10.6 Å². The van der Waals surface area contributed by atoms with Gasteiger partial charge in [-0.1, -0.05) is 12.8 Å². The standard InChI is InChI=1S/C16H27N5O/c1-12-11-14(15(22)17-9-6-10-21(2)3)20-16(18-12)19-13-7-4-5-8-13/h11,13H,4-10H2,1-3H3,(H,17,22)(H,18,19,20). The number of hydrogen-bond acceptors (Lipinski definition) is 5. The first-order valence-corrected chi connectivity index (χ1v) is 8.10. The van der Waals surface area contributed by atoms with Gasteiger partial charge in [0, 0.05) is 18.3 Å². The molecule has 0 atom stereocenters. The van der Waals surface area contributed by atoms with Crippen LogP contribution in [-0.4, -0.2) is 54.0 Å². The van der Waals surface area contributed by atoms with E-state index in [1.54, 1.807) is 6.07 Å². The van der Waals surface area contributed by atoms with Crippen LogP contribution in [-0.2, 0) is 0 Å². The van der Waals surface area contributed by atoms with Gasteiger partial charge in [-0.05, 0) is 52.9 Å². The van der Waals surface area contributed by atoms with Gasteiger partial charge in [0.1, 0.15) is 5.69 Å². The lowest BCUT2D eigenvalue weighted by atomic mass is 10.2. The van der Waals surface area contributed by atoms with Crippen molar-refractivity contribution in [3.63, 3.8) is 0 Å². The molecule has 1 saturated carbocycles. The number of nitrogens with one attached hydrogen (secondary N) is 2. The Balaban J connectivity index is 1.91. The van der Waals surface area contributed by atoms with E-state index in [1.165, 1.54) is 12.8 Å². The van der Waals surface area contributed by atoms with Gasteiger partial charge >= 0.3 is 0 Å². The second-order valence-corrected chi connectivity index (χ2v) is 6.26. The Hall–Kier alpha value is -1.69. The number of carbonyl (C=O) groups excluding carboxylic acids is 1. The summed E-state index contributed by atoms with van der Waals surface area (Å²) in [6.07, 6.45) is 5.74. The quantitative estimate of drug-likeness (QED) is 0.752. The van der Waals surface area contributed by atoms with E-state index >= 15 is 0 Å². The minimum absolute atomic E-state index is 0.126. The number of nitrogens with zero attached hydrogens (tertiary/aromatic N) is 3. The van der Waals surface area contributed by atoms with Gasteiger partial charge in [-0.25, -0.2) is 9.97 Å². The Kier molecular flexibility index (Phi) is 6.12. The average Bonchev–Trinajstić information content (AvgIpc) is 2.95. The molecular weight excluding hydrogens is 278 g/mol. The van der Waals surface area contributed by atoms with Gasteiger partial charge in [0.15, 0.2) is 0 Å². The van der Waals surface area contributed by atoms with E-state index in [1.807, 2.05) is 21.0 Å². The predicted molar refractivity (Wildman–Crippen MR) is 88.2 cm³/mol. The van der Waals surface area contributed by atoms with Crippen LogP contribution in [0.1, 0.15) is 48.3 Å². The van der Waals surface area contributed by atoms with Gasteiger partial charge in [0.05, 0.1) is 0 Å². The number of anilines is 1. The summed E-state index contributed by atoms with van der Waals surface area (Å²) < 4.78 is 0. The van der Waals surface area contributed by atoms with Crippen molar-refractivity contribution in [3.8, 4) is 0 Å². The molecule has 6 nitrogen and oxygen atoms in total. The molecule has 1 fully saturated rings. The van der Waals surface area contributed by atoms with Gasteiger partial charge in [-0.2, -0.15) is 0 Å². The highest BCUT2D eigenvalue weighted by Crippen LogP contribution is 2.20. The lowest BCUT2D eigenvalue weighted by Crippen LogP contribution is -2.28. The Morgan fingerprint density at radius 2 is 2.05 bits per heavy atom. The molecule has 22 heavy (non-hydrogen) atoms. The third kappa shape index (κ3) is 5.26. The fourth-order valence-electron chi connectivity index (χ4n) is 2.69. The summed E-state index contributed by atoms with van der Waals surface area (Å²) in [5, 5.41) is 6.27. The lowest BCUT2D eigenvalue weighted by molar-refractivity contribution is 0.0947. The second-order valence-electron chi connectivity index (χ2n) is 6.26. The molecule has 122 valence electrons. The van der Waals surface area contributed by atoms with Crippen LogP contribution in [0.4, 0.5) is 5.95 Å². The van der Waals surface area contributed by atoms with E-state index in [2.05, 4.69) is 25.5 Å². The summed E-state index contributed by atoms with van der Waals surface area (Å²) in [7, 11) is 4.05. The van der Waals surface area contributed by atoms with Crippen molar-refractivity contribution in [2.24, 2.45) is 0 Å². The van der Waals surface area contributed by atoms with Crippen LogP contribution in [0.5, 0.6) is 0 Å². The predicted octanol–water partition coefficient (Wildman–Crippen LogP) is 1.82. The zero-order valence-electron chi connectivity index (χ0n) is 13.9. The third-order valence-electron chi connectivity index (χ3n) is 3.84. The Morgan fingerprint density at radius 1 is 1.32 bits per heavy atom. The van der Waals surface area contributed by atoms with Gasteiger partial charge in [-0.15, -0.1) is 0 Å². The lowest BCUT2D eigenvalue weighted by Gasteiger charge is -2.13. The normalized spacial score (nSPS) is 15.3. The molecule has 6 heteroatoms. The van der Waals surface area contributed by atoms with Crippen molar-refractivity contribution in [1.29, 1.82) is 0 Å². The fourth-order valence-corrected chi connectivity index (χ4v) is 2.69. The fraction of sp³-hybridized carbons (Fsp3) is 0.688. The molecule has 1 amide bonds. The topological polar surface area (TPSA) is 70.2 Å². The van der Waals surface area contributed by atoms with Crippen molar-refractivity contribution in [2.75, 3.05) is 32.5 Å². The van der Waals surface area contributed by atoms with E-state index < -0.39 is 0 Å². The van der Waals surface area contributed by atoms with Crippen LogP contribution in [0, 0.1) is 6.92 Å². The molecule has 2 rings (SSSR count). The minimum atomic E-state index is -0.126. The van der Waals surface area contributed by atoms with Crippen molar-refractivity contribution >= 4 is 11.9 Å². The zero-order chi connectivity index (χ0) is 15.9. The van der Waals surface area contributed by atoms with E-state index in [-0.39, 0.29) is 5.91 Å². The maximum Gasteiger partial charge on any atom is 0.270 e. The van der Waals surface area contributed by atoms with Crippen LogP contribution in [0.15, 0.2) is 6.07 Å². The maximum absolute atomic E-state index is 12.2. The number of aromatic nitrogens is 2. The molecule has 1 aromatic rings. The van der Waals surface area contributed by atoms with Crippen LogP contribution in [0.25, 0.3) is 0 Å². The summed E-state index contributed by atoms with van der Waals surface area (Å²) >= 11 is 0. The van der Waals surface area contributed by atoms with Crippen LogP contribution in [0.2, 0.25) is 0 Å². The van der Waals surface area contributed by atoms with E-state index in [4.69, 9.17) is 0 Å². The highest BCUT2D eigenvalue weighted by atomic mass is 16.1. The Labute approximate surface area is 132 Å². The number of rotatable bonds is 7. The summed E-state index contributed by atoms with van der Waals surface area (Å²) in [6, 6.07) is 2.18. The van der Waals surface area contributed by atoms with Gasteiger partial charge < -0.3 is 15.5 Å². The summed E-state index contributed by atoms with van der Waals surface area (Å²) in [4.78, 5) is 23.0. The van der Waals surface area contributed by atoms with Crippen LogP contribution in [0.3, 0.4) is 0 Å². The van der Waals surface area contributed by atoms with Gasteiger partial charge in [0.2, 0.25) is 5.95 Å². The van der Waals surface area contributed by atoms with Gasteiger partial charge in [0.25, 0.3) is 5.91 Å². The monoisotopic (exact) mass is 305 g/mol. The zero-order valence-corrected chi connectivity index (χ0v) is 13.9. The first-order valence-electron chi connectivity index (χ1n) is 8.10. The number of amides is 1. The highest BCUT2D eigenvalue weighted by molar-refractivity contribution is 5.92. The van der Waals surface area contributed by atoms with Crippen molar-refractivity contribution < 1.29 is 4.79 Å². The molecular formula is C16H27N5O. The number of hydrogen-bond donors (Lipinski definition) is 2. The second kappa shape index (κ2) is 8.08. The van der Waals surface area contributed by atoms with Crippen molar-refractivity contribution in [2.45, 2.75) is 45.1 Å². The molecule has 0 radical (unpaired) electrons. The first kappa shape index (κ1) is 16.7. The van der Waals surface area contributed by atoms with E-state index in [0.717, 1.165) is 31.5 Å². The summed E-state index contributed by atoms with van der Waals surface area (Å²) in [6.45, 7) is 3.51. The van der Waals surface area contributed by atoms with E-state index in [0.29, 0.717) is 24.2 Å². The van der Waals surface area contributed by atoms with Crippen molar-refractivity contribution in [3.05, 3.63) is 17.5 Å². The smallest absolute Gasteiger partial charge is 0.270 e. The molecule has 0 spiro atoms. The number of carbonyl (C=O) groups is 1. The largest absolute Gasteiger partial charge is 0.351 e. The SMILES string of the molecule is Cc1cc(C(=O)NCCCN(C)C)nc(NC2CCCC2)n1. The minimum Gasteiger partial charge on any atom is -0.351 e. The molecule has 1 heterocycles. The molecule has 0 bridgehead atoms. The van der Waals surface area contributed by atoms with Crippen molar-refractivity contribution in [1.82, 2.24) is 20.2 Å². The molecule has 0 saturated heterocycles. The van der Waals surface area contributed by atoms with E-state index in [9.17, 15) is 4.79 Å².